The zero-order valence-electron chi connectivity index (χ0n) is 72.1. The zero-order valence-corrected chi connectivity index (χ0v) is 82.4. The Morgan fingerprint density at radius 3 is 0.920 bits per heavy atom. The van der Waals surface area contributed by atoms with E-state index >= 15 is 17.6 Å². The number of aromatic nitrogens is 1. The average Bonchev–Trinajstić information content (AvgIpc) is 0.880. The van der Waals surface area contributed by atoms with Crippen molar-refractivity contribution in [1.82, 2.24) is 23.9 Å². The van der Waals surface area contributed by atoms with Gasteiger partial charge in [-0.15, -0.1) is 11.3 Å². The summed E-state index contributed by atoms with van der Waals surface area (Å²) in [5, 5.41) is 2.37. The second kappa shape index (κ2) is 38.9. The minimum atomic E-state index is -4.31. The van der Waals surface area contributed by atoms with Crippen molar-refractivity contribution in [1.29, 1.82) is 0 Å². The third-order valence-corrected chi connectivity index (χ3v) is 46.2. The maximum Gasteiger partial charge on any atom is 0.258 e. The van der Waals surface area contributed by atoms with Crippen LogP contribution in [-0.4, -0.2) is 134 Å². The van der Waals surface area contributed by atoms with Gasteiger partial charge in [0.05, 0.1) is 79.3 Å². The van der Waals surface area contributed by atoms with Gasteiger partial charge in [0, 0.05) is 74.1 Å². The summed E-state index contributed by atoms with van der Waals surface area (Å²) in [6.45, 7) is 0.931. The largest absolute Gasteiger partial charge is 0.490 e. The molecule has 25 nitrogen and oxygen atoms in total. The van der Waals surface area contributed by atoms with Gasteiger partial charge in [-0.3, -0.25) is 0 Å². The molecule has 6 heterocycles. The number of hydrogen-bond acceptors (Lipinski definition) is 22. The van der Waals surface area contributed by atoms with Crippen LogP contribution in [0, 0.1) is 70.2 Å². The number of nitrogens with zero attached hydrogens (tertiary/aromatic N) is 1. The van der Waals surface area contributed by atoms with Gasteiger partial charge in [0.1, 0.15) is 46.5 Å². The summed E-state index contributed by atoms with van der Waals surface area (Å²) in [7, 11) is -31.9. The first-order valence-corrected chi connectivity index (χ1v) is 57.6. The fourth-order valence-electron chi connectivity index (χ4n) is 20.6. The van der Waals surface area contributed by atoms with Gasteiger partial charge >= 0.3 is 0 Å². The van der Waals surface area contributed by atoms with E-state index in [0.29, 0.717) is 39.4 Å². The lowest BCUT2D eigenvalue weighted by Crippen LogP contribution is -2.55. The average molecular weight is 2150 g/mol. The fourth-order valence-corrected chi connectivity index (χ4v) is 37.0. The van der Waals surface area contributed by atoms with Crippen LogP contribution < -0.4 is 37.8 Å². The normalized spacial score (nSPS) is 25.1. The fraction of sp³-hybridized carbons (Fsp3) is 0.374. The van der Waals surface area contributed by atoms with Crippen molar-refractivity contribution in [2.24, 2.45) is 23.7 Å². The molecule has 0 saturated heterocycles. The molecule has 0 unspecified atom stereocenters. The number of pyridine rings is 1. The number of halogens is 12. The molecule has 734 valence electrons. The molecule has 12 atom stereocenters. The number of nitrogens with one attached hydrogen (secondary N) is 4. The number of hydrogen-bond donors (Lipinski definition) is 4. The van der Waals surface area contributed by atoms with E-state index in [1.165, 1.54) is 121 Å². The van der Waals surface area contributed by atoms with Gasteiger partial charge < -0.3 is 18.9 Å². The van der Waals surface area contributed by atoms with E-state index in [1.807, 2.05) is 0 Å². The van der Waals surface area contributed by atoms with E-state index in [1.54, 1.807) is 24.4 Å². The highest BCUT2D eigenvalue weighted by Gasteiger charge is 2.65. The van der Waals surface area contributed by atoms with Crippen molar-refractivity contribution in [3.05, 3.63) is 276 Å². The highest BCUT2D eigenvalue weighted by molar-refractivity contribution is 7.94. The summed E-state index contributed by atoms with van der Waals surface area (Å²) in [5.41, 5.74) is -1.36. The Kier molecular flexibility index (Phi) is 28.9. The molecule has 0 amide bonds. The lowest BCUT2D eigenvalue weighted by atomic mass is 9.71. The molecule has 137 heavy (non-hydrogen) atoms. The summed E-state index contributed by atoms with van der Waals surface area (Å²) in [4.78, 5) is 3.56. The summed E-state index contributed by atoms with van der Waals surface area (Å²) >= 11 is 24.8. The van der Waals surface area contributed by atoms with E-state index in [0.717, 1.165) is 59.9 Å². The molecule has 46 heteroatoms. The third kappa shape index (κ3) is 18.8. The Labute approximate surface area is 811 Å². The highest BCUT2D eigenvalue weighted by atomic mass is 35.5. The Hall–Kier alpha value is -8.15. The van der Waals surface area contributed by atoms with Crippen LogP contribution in [0.2, 0.25) is 20.1 Å². The monoisotopic (exact) mass is 2150 g/mol. The molecule has 19 rings (SSSR count). The predicted octanol–water partition coefficient (Wildman–Crippen LogP) is 17.2. The molecule has 0 bridgehead atoms. The van der Waals surface area contributed by atoms with Crippen LogP contribution in [0.25, 0.3) is 0 Å². The lowest BCUT2D eigenvalue weighted by molar-refractivity contribution is 0.113. The Morgan fingerprint density at radius 2 is 0.642 bits per heavy atom. The van der Waals surface area contributed by atoms with E-state index in [9.17, 15) is 84.9 Å². The molecule has 4 aliphatic heterocycles. The molecule has 4 N–H and O–H groups in total. The number of thiophene rings is 1. The number of sulfonamides is 4. The molecule has 10 aromatic rings. The van der Waals surface area contributed by atoms with Crippen LogP contribution in [-0.2, 0) is 98.4 Å². The van der Waals surface area contributed by atoms with Crippen LogP contribution >= 0.6 is 57.7 Å². The number of rotatable bonds is 21. The van der Waals surface area contributed by atoms with Gasteiger partial charge in [-0.1, -0.05) is 65.5 Å². The molecule has 5 fully saturated rings. The molecule has 0 spiro atoms. The Balaban J connectivity index is 0.000000132. The van der Waals surface area contributed by atoms with Crippen molar-refractivity contribution in [3.8, 4) is 23.0 Å². The van der Waals surface area contributed by atoms with Crippen LogP contribution in [0.4, 0.5) is 35.1 Å². The second-order valence-corrected chi connectivity index (χ2v) is 53.9. The first-order valence-electron chi connectivity index (χ1n) is 43.2. The third-order valence-electron chi connectivity index (χ3n) is 26.9. The van der Waals surface area contributed by atoms with E-state index < -0.39 is 221 Å². The topological polar surface area (TPSA) is 371 Å². The van der Waals surface area contributed by atoms with E-state index in [4.69, 9.17) is 65.4 Å². The molecular weight excluding hydrogens is 2070 g/mol. The number of benzene rings is 8. The predicted molar refractivity (Wildman–Crippen MR) is 495 cm³/mol. The minimum absolute atomic E-state index is 0.0221. The highest BCUT2D eigenvalue weighted by Crippen LogP contribution is 2.62. The van der Waals surface area contributed by atoms with Crippen molar-refractivity contribution in [2.75, 3.05) is 32.2 Å². The summed E-state index contributed by atoms with van der Waals surface area (Å²) < 4.78 is 359. The van der Waals surface area contributed by atoms with Gasteiger partial charge in [0.2, 0.25) is 30.1 Å². The summed E-state index contributed by atoms with van der Waals surface area (Å²) in [5.74, 6) is -12.0. The molecule has 5 saturated carbocycles. The number of sulfone groups is 4. The van der Waals surface area contributed by atoms with Crippen LogP contribution in [0.15, 0.2) is 216 Å². The zero-order chi connectivity index (χ0) is 98.3. The van der Waals surface area contributed by atoms with E-state index in [2.05, 4.69) is 23.9 Å². The first kappa shape index (κ1) is 102. The smallest absolute Gasteiger partial charge is 0.258 e. The van der Waals surface area contributed by atoms with Crippen molar-refractivity contribution >= 4 is 137 Å². The van der Waals surface area contributed by atoms with Crippen LogP contribution in [0.1, 0.15) is 125 Å². The molecule has 0 radical (unpaired) electrons. The van der Waals surface area contributed by atoms with E-state index in [-0.39, 0.29) is 160 Å². The van der Waals surface area contributed by atoms with Crippen LogP contribution in [0.3, 0.4) is 0 Å². The SMILES string of the molecule is CCCS(=O)(=O)N[C@@H]1CC[C@@]2(S(=O)(=O)c3ccc(Cl)cc3)c3c(F)ccc(F)c3OC[C@H]2C1.O=S(=O)(N[C@@H]1CC[C@@]2(S(=O)(=O)c3ccc(Cl)cc3)c3c(F)ccc(F)c3OC[C@H]2C1)C1CC1.O=S(=O)(N[C@@H]1CC[C@@]2(S(=O)(=O)c3ccc(Cl)cc3)c3c(F)ccc(F)c3OC[C@H]2C1)c1ccccn1.O=S(=O)(N[C@@H]1CC[C@@]2(S(=O)(=O)c3ccc(Cl)cc3)c3c(F)ccc(F)c3OC[C@H]2C1)c1cccs1. The van der Waals surface area contributed by atoms with Gasteiger partial charge in [-0.2, -0.15) is 0 Å². The van der Waals surface area contributed by atoms with Gasteiger partial charge in [-0.05, 0) is 265 Å². The maximum atomic E-state index is 15.3. The quantitative estimate of drug-likeness (QED) is 0.0485. The lowest BCUT2D eigenvalue weighted by Gasteiger charge is -2.49. The number of fused-ring (bicyclic) bond motifs is 12. The summed E-state index contributed by atoms with van der Waals surface area (Å²) in [6.07, 6.45) is 3.27. The Bertz CT molecular complexity index is 7300. The van der Waals surface area contributed by atoms with Crippen molar-refractivity contribution < 1.29 is 121 Å². The Morgan fingerprint density at radius 1 is 0.350 bits per heavy atom. The minimum Gasteiger partial charge on any atom is -0.490 e. The molecule has 5 aliphatic carbocycles. The van der Waals surface area contributed by atoms with Crippen molar-refractivity contribution in [3.63, 3.8) is 0 Å². The van der Waals surface area contributed by atoms with Gasteiger partial charge in [-0.25, -0.2) is 126 Å². The maximum absolute atomic E-state index is 15.3. The van der Waals surface area contributed by atoms with Crippen molar-refractivity contribution in [2.45, 2.75) is 180 Å². The van der Waals surface area contributed by atoms with Gasteiger partial charge in [0.25, 0.3) is 10.0 Å². The number of ether oxygens (including phenoxy) is 4. The standard InChI is InChI=1S/C24H21ClF2N2O5S2.C23H20ClF2NO5S3.C22H22ClF2NO5S2.C22H24ClF2NO5S2/c25-16-4-6-18(7-5-16)35(30,31)24-11-10-17(29-36(32,33)21-3-1-2-12-28-21)13-15(24)14-34-23-20(27)9-8-19(26)22(23)24;24-15-3-5-17(6-4-15)34(28,29)23-10-9-16(27-35(30,31)20-2-1-11-33-20)12-14(23)13-32-22-19(26)8-7-18(25)21(22)23;23-14-1-3-16(4-2-14)32(27,28)22-10-9-15(26-33(29,30)17-5-6-17)11-13(22)12-31-21-19(25)8-7-18(24)20(21)22;1-2-11-32(27,28)26-16-9-10-22(33(29,30)17-5-3-15(23)4-6-17)14(12-16)13-31-21-19(25)8-7-18(24)20(21)22/h1-9,12,15,17,29H,10-11,13-14H2;1-8,11,14,16,27H,9-10,12-13H2;1-4,7-8,13,15,17,26H,5-6,9-12H2;3-8,14,16,26H,2,9-13H2,1H3/t15-,17-,24+;14-,16-,23+;13-,15-,22+;14-,16-,22+/m1111/s1. The molecule has 8 aromatic carbocycles. The van der Waals surface area contributed by atoms with Gasteiger partial charge in [0.15, 0.2) is 90.6 Å². The molecule has 9 aliphatic rings. The first-order chi connectivity index (χ1) is 64.7. The van der Waals surface area contributed by atoms with Crippen LogP contribution in [0.5, 0.6) is 23.0 Å². The molecule has 2 aromatic heterocycles. The molecular formula is C91H87Cl4F8N5O20S9. The second-order valence-electron chi connectivity index (χ2n) is 34.9. The summed E-state index contributed by atoms with van der Waals surface area (Å²) in [6, 6.07) is 34.5.